The lowest BCUT2D eigenvalue weighted by Gasteiger charge is -2.34. The van der Waals surface area contributed by atoms with Crippen molar-refractivity contribution in [2.24, 2.45) is 5.92 Å². The van der Waals surface area contributed by atoms with Crippen molar-refractivity contribution in [2.75, 3.05) is 92.4 Å². The largest absolute Gasteiger partial charge is 0.379 e. The van der Waals surface area contributed by atoms with Crippen LogP contribution in [0.15, 0.2) is 43.2 Å². The van der Waals surface area contributed by atoms with Crippen LogP contribution in [-0.4, -0.2) is 138 Å². The molecule has 0 amide bonds. The summed E-state index contributed by atoms with van der Waals surface area (Å²) in [5, 5.41) is 0. The molecular formula is C36H71N7O2. The maximum Gasteiger partial charge on any atom is 0.0948 e. The molecule has 0 aromatic carbocycles. The number of aromatic nitrogens is 3. The van der Waals surface area contributed by atoms with Gasteiger partial charge in [-0.1, -0.05) is 13.8 Å². The van der Waals surface area contributed by atoms with Crippen LogP contribution in [-0.2, 0) is 9.47 Å². The third-order valence-corrected chi connectivity index (χ3v) is 8.12. The molecule has 3 aliphatic rings. The Kier molecular flexibility index (Phi) is 22.4. The molecule has 0 saturated carbocycles. The molecule has 0 N–H and O–H groups in total. The van der Waals surface area contributed by atoms with Gasteiger partial charge in [0.25, 0.3) is 0 Å². The number of piperazine rings is 1. The monoisotopic (exact) mass is 634 g/mol. The van der Waals surface area contributed by atoms with Crippen molar-refractivity contribution in [2.45, 2.75) is 93.4 Å². The molecule has 3 saturated heterocycles. The highest BCUT2D eigenvalue weighted by molar-refractivity contribution is 4.91. The quantitative estimate of drug-likeness (QED) is 0.394. The van der Waals surface area contributed by atoms with Crippen LogP contribution in [0, 0.1) is 5.92 Å². The van der Waals surface area contributed by atoms with Gasteiger partial charge in [-0.25, -0.2) is 4.98 Å². The van der Waals surface area contributed by atoms with Gasteiger partial charge in [-0.15, -0.1) is 0 Å². The van der Waals surface area contributed by atoms with E-state index >= 15 is 0 Å². The molecule has 3 fully saturated rings. The molecule has 0 atom stereocenters. The Morgan fingerprint density at radius 3 is 1.36 bits per heavy atom. The lowest BCUT2D eigenvalue weighted by molar-refractivity contribution is 0.0238. The number of hydrogen-bond acceptors (Lipinski definition) is 7. The lowest BCUT2D eigenvalue weighted by atomic mass is 10.2. The summed E-state index contributed by atoms with van der Waals surface area (Å²) in [6.45, 7) is 36.4. The second-order valence-electron chi connectivity index (χ2n) is 13.8. The number of hydrogen-bond donors (Lipinski definition) is 0. The Balaban J connectivity index is 0.000000282. The maximum atomic E-state index is 5.24. The molecule has 0 spiro atoms. The molecule has 262 valence electrons. The predicted molar refractivity (Wildman–Crippen MR) is 191 cm³/mol. The van der Waals surface area contributed by atoms with Gasteiger partial charge >= 0.3 is 0 Å². The van der Waals surface area contributed by atoms with Gasteiger partial charge in [-0.2, -0.15) is 0 Å². The molecule has 0 unspecified atom stereocenters. The molecule has 45 heavy (non-hydrogen) atoms. The molecule has 2 aromatic rings. The van der Waals surface area contributed by atoms with Crippen LogP contribution in [0.1, 0.15) is 81.3 Å². The summed E-state index contributed by atoms with van der Waals surface area (Å²) >= 11 is 0. The van der Waals surface area contributed by atoms with Gasteiger partial charge in [0.15, 0.2) is 0 Å². The highest BCUT2D eigenvalue weighted by Gasteiger charge is 2.15. The normalized spacial score (nSPS) is 18.5. The van der Waals surface area contributed by atoms with Crippen LogP contribution >= 0.6 is 0 Å². The Labute approximate surface area is 277 Å². The van der Waals surface area contributed by atoms with Crippen molar-refractivity contribution in [3.63, 3.8) is 0 Å². The van der Waals surface area contributed by atoms with E-state index in [1.165, 1.54) is 32.7 Å². The minimum absolute atomic E-state index is 0.539. The Morgan fingerprint density at radius 2 is 1.02 bits per heavy atom. The van der Waals surface area contributed by atoms with Crippen molar-refractivity contribution >= 4 is 0 Å². The van der Waals surface area contributed by atoms with E-state index < -0.39 is 0 Å². The van der Waals surface area contributed by atoms with E-state index in [4.69, 9.17) is 9.47 Å². The first-order valence-electron chi connectivity index (χ1n) is 17.5. The molecule has 2 aromatic heterocycles. The Morgan fingerprint density at radius 1 is 0.556 bits per heavy atom. The Bertz CT molecular complexity index is 842. The number of morpholine rings is 2. The van der Waals surface area contributed by atoms with Gasteiger partial charge in [0.1, 0.15) is 0 Å². The van der Waals surface area contributed by atoms with E-state index in [9.17, 15) is 0 Å². The highest BCUT2D eigenvalue weighted by Crippen LogP contribution is 2.04. The number of rotatable bonds is 6. The number of nitrogens with zero attached hydrogens (tertiary/aromatic N) is 7. The SMILES string of the molecule is CC(C)CN1CCOCC1.CC(C)N1CCN(C)CC1.CC(C)N1CCOCC1.CC(C)n1cccc1.CC(C)n1ccnc1. The lowest BCUT2D eigenvalue weighted by Crippen LogP contribution is -2.47. The summed E-state index contributed by atoms with van der Waals surface area (Å²) in [6, 6.07) is 6.64. The topological polar surface area (TPSA) is 54.2 Å². The van der Waals surface area contributed by atoms with Crippen molar-refractivity contribution < 1.29 is 9.47 Å². The minimum atomic E-state index is 0.539. The molecule has 9 nitrogen and oxygen atoms in total. The second-order valence-corrected chi connectivity index (χ2v) is 13.8. The summed E-state index contributed by atoms with van der Waals surface area (Å²) in [5.74, 6) is 0.790. The van der Waals surface area contributed by atoms with Gasteiger partial charge in [-0.3, -0.25) is 14.7 Å². The third-order valence-electron chi connectivity index (χ3n) is 8.12. The number of likely N-dealkylation sites (N-methyl/N-ethyl adjacent to an activating group) is 1. The van der Waals surface area contributed by atoms with Gasteiger partial charge in [-0.05, 0) is 80.5 Å². The number of imidazole rings is 1. The van der Waals surface area contributed by atoms with Crippen molar-refractivity contribution in [1.29, 1.82) is 0 Å². The third kappa shape index (κ3) is 20.2. The van der Waals surface area contributed by atoms with Crippen LogP contribution in [0.3, 0.4) is 0 Å². The van der Waals surface area contributed by atoms with E-state index in [2.05, 4.69) is 122 Å². The van der Waals surface area contributed by atoms with Crippen molar-refractivity contribution in [1.82, 2.24) is 33.7 Å². The van der Waals surface area contributed by atoms with Crippen molar-refractivity contribution in [3.05, 3.63) is 43.2 Å². The van der Waals surface area contributed by atoms with E-state index in [-0.39, 0.29) is 0 Å². The Hall–Kier alpha value is -1.75. The summed E-state index contributed by atoms with van der Waals surface area (Å²) in [5.41, 5.74) is 0. The molecule has 0 aliphatic carbocycles. The summed E-state index contributed by atoms with van der Waals surface area (Å²) in [7, 11) is 2.19. The van der Waals surface area contributed by atoms with E-state index in [1.807, 2.05) is 24.7 Å². The summed E-state index contributed by atoms with van der Waals surface area (Å²) in [4.78, 5) is 13.7. The van der Waals surface area contributed by atoms with E-state index in [0.717, 1.165) is 64.6 Å². The first-order chi connectivity index (χ1) is 21.4. The molecular weight excluding hydrogens is 562 g/mol. The van der Waals surface area contributed by atoms with Gasteiger partial charge in [0.05, 0.1) is 32.8 Å². The molecule has 5 heterocycles. The van der Waals surface area contributed by atoms with Gasteiger partial charge in [0.2, 0.25) is 0 Å². The fraction of sp³-hybridized carbons (Fsp3) is 0.806. The fourth-order valence-electron chi connectivity index (χ4n) is 5.00. The zero-order valence-corrected chi connectivity index (χ0v) is 31.1. The van der Waals surface area contributed by atoms with Gasteiger partial charge in [0, 0.05) is 108 Å². The highest BCUT2D eigenvalue weighted by atomic mass is 16.5. The van der Waals surface area contributed by atoms with Crippen LogP contribution in [0.25, 0.3) is 0 Å². The smallest absolute Gasteiger partial charge is 0.0948 e. The molecule has 0 bridgehead atoms. The molecule has 9 heteroatoms. The summed E-state index contributed by atoms with van der Waals surface area (Å²) < 4.78 is 14.7. The van der Waals surface area contributed by atoms with Crippen LogP contribution < -0.4 is 0 Å². The predicted octanol–water partition coefficient (Wildman–Crippen LogP) is 5.88. The van der Waals surface area contributed by atoms with Crippen LogP contribution in [0.4, 0.5) is 0 Å². The molecule has 3 aliphatic heterocycles. The fourth-order valence-corrected chi connectivity index (χ4v) is 5.00. The van der Waals surface area contributed by atoms with Crippen LogP contribution in [0.5, 0.6) is 0 Å². The van der Waals surface area contributed by atoms with Crippen LogP contribution in [0.2, 0.25) is 0 Å². The first-order valence-corrected chi connectivity index (χ1v) is 17.5. The first kappa shape index (κ1) is 41.3. The molecule has 5 rings (SSSR count). The van der Waals surface area contributed by atoms with E-state index in [0.29, 0.717) is 18.1 Å². The summed E-state index contributed by atoms with van der Waals surface area (Å²) in [6.07, 6.45) is 9.73. The standard InChI is InChI=1S/C8H18N2.C8H17NO.C7H15NO.C7H11N.C6H10N2/c1-8(2)10-6-4-9(3)5-7-10;1-8(2)7-9-3-5-10-6-4-9;1-7(2)8-3-5-9-6-4-8;1-7(2)8-5-3-4-6-8;1-6(2)8-4-3-7-5-8/h8H,4-7H2,1-3H3;8H,3-7H2,1-2H3;7H,3-6H2,1-2H3;3-7H,1-2H3;3-6H,1-2H3. The minimum Gasteiger partial charge on any atom is -0.379 e. The second kappa shape index (κ2) is 24.4. The van der Waals surface area contributed by atoms with Gasteiger partial charge < -0.3 is 23.5 Å². The zero-order valence-electron chi connectivity index (χ0n) is 31.1. The van der Waals surface area contributed by atoms with E-state index in [1.54, 1.807) is 6.20 Å². The average molecular weight is 634 g/mol. The molecule has 0 radical (unpaired) electrons. The van der Waals surface area contributed by atoms with Crippen molar-refractivity contribution in [3.8, 4) is 0 Å². The maximum absolute atomic E-state index is 5.24. The average Bonchev–Trinajstić information content (AvgIpc) is 3.75. The number of ether oxygens (including phenoxy) is 2. The zero-order chi connectivity index (χ0) is 33.6.